The molecular weight excluding hydrogens is 242 g/mol. The van der Waals surface area contributed by atoms with Crippen molar-refractivity contribution >= 4 is 0 Å². The highest BCUT2D eigenvalue weighted by atomic mass is 14.9. The third kappa shape index (κ3) is 4.76. The van der Waals surface area contributed by atoms with E-state index >= 15 is 0 Å². The molecule has 0 aliphatic heterocycles. The standard InChI is InChI=1S/C19H37N/c1-14(2)12-20-13-18-9-8-16(4)11-19(18)17-7-5-6-15(3)10-17/h14-20H,5-13H2,1-4H3. The molecule has 1 nitrogen and oxygen atoms in total. The second-order valence-corrected chi connectivity index (χ2v) is 8.43. The van der Waals surface area contributed by atoms with E-state index in [1.165, 1.54) is 58.0 Å². The summed E-state index contributed by atoms with van der Waals surface area (Å²) in [6.07, 6.45) is 10.4. The van der Waals surface area contributed by atoms with Gasteiger partial charge >= 0.3 is 0 Å². The summed E-state index contributed by atoms with van der Waals surface area (Å²) in [5.41, 5.74) is 0. The maximum Gasteiger partial charge on any atom is -0.00176 e. The molecule has 20 heavy (non-hydrogen) atoms. The molecule has 1 heteroatoms. The van der Waals surface area contributed by atoms with Crippen LogP contribution in [-0.4, -0.2) is 13.1 Å². The summed E-state index contributed by atoms with van der Waals surface area (Å²) in [6.45, 7) is 12.1. The van der Waals surface area contributed by atoms with Crippen LogP contribution < -0.4 is 5.32 Å². The molecular formula is C19H37N. The van der Waals surface area contributed by atoms with Crippen LogP contribution in [0.15, 0.2) is 0 Å². The fourth-order valence-electron chi connectivity index (χ4n) is 4.75. The molecule has 0 aromatic rings. The summed E-state index contributed by atoms with van der Waals surface area (Å²) < 4.78 is 0. The van der Waals surface area contributed by atoms with Gasteiger partial charge in [0.15, 0.2) is 0 Å². The monoisotopic (exact) mass is 279 g/mol. The van der Waals surface area contributed by atoms with E-state index in [4.69, 9.17) is 0 Å². The topological polar surface area (TPSA) is 12.0 Å². The lowest BCUT2D eigenvalue weighted by Gasteiger charge is -2.42. The van der Waals surface area contributed by atoms with Gasteiger partial charge in [-0.15, -0.1) is 0 Å². The highest BCUT2D eigenvalue weighted by Gasteiger charge is 2.35. The minimum absolute atomic E-state index is 0.783. The Balaban J connectivity index is 1.89. The summed E-state index contributed by atoms with van der Waals surface area (Å²) >= 11 is 0. The Morgan fingerprint density at radius 2 is 1.70 bits per heavy atom. The summed E-state index contributed by atoms with van der Waals surface area (Å²) in [6, 6.07) is 0. The lowest BCUT2D eigenvalue weighted by molar-refractivity contribution is 0.0864. The third-order valence-electron chi connectivity index (χ3n) is 5.85. The molecule has 2 saturated carbocycles. The summed E-state index contributed by atoms with van der Waals surface area (Å²) in [7, 11) is 0. The Labute approximate surface area is 127 Å². The van der Waals surface area contributed by atoms with E-state index in [2.05, 4.69) is 33.0 Å². The van der Waals surface area contributed by atoms with Crippen LogP contribution >= 0.6 is 0 Å². The van der Waals surface area contributed by atoms with Crippen molar-refractivity contribution in [2.45, 2.75) is 72.6 Å². The first-order chi connectivity index (χ1) is 9.56. The quantitative estimate of drug-likeness (QED) is 0.737. The van der Waals surface area contributed by atoms with Crippen LogP contribution in [0.25, 0.3) is 0 Å². The van der Waals surface area contributed by atoms with E-state index in [1.807, 2.05) is 0 Å². The average Bonchev–Trinajstić information content (AvgIpc) is 2.40. The molecule has 0 heterocycles. The Bertz CT molecular complexity index is 273. The number of nitrogens with one attached hydrogen (secondary N) is 1. The van der Waals surface area contributed by atoms with E-state index < -0.39 is 0 Å². The normalized spacial score (nSPS) is 39.1. The van der Waals surface area contributed by atoms with E-state index in [0.717, 1.165) is 35.5 Å². The molecule has 2 rings (SSSR count). The van der Waals surface area contributed by atoms with Crippen LogP contribution in [0.3, 0.4) is 0 Å². The molecule has 2 fully saturated rings. The van der Waals surface area contributed by atoms with E-state index in [9.17, 15) is 0 Å². The van der Waals surface area contributed by atoms with Gasteiger partial charge < -0.3 is 5.32 Å². The van der Waals surface area contributed by atoms with E-state index in [1.54, 1.807) is 0 Å². The number of rotatable bonds is 5. The van der Waals surface area contributed by atoms with Gasteiger partial charge in [-0.1, -0.05) is 53.4 Å². The number of hydrogen-bond acceptors (Lipinski definition) is 1. The second kappa shape index (κ2) is 7.82. The number of hydrogen-bond donors (Lipinski definition) is 1. The fraction of sp³-hybridized carbons (Fsp3) is 1.00. The summed E-state index contributed by atoms with van der Waals surface area (Å²) in [4.78, 5) is 0. The van der Waals surface area contributed by atoms with Gasteiger partial charge in [0.1, 0.15) is 0 Å². The van der Waals surface area contributed by atoms with Gasteiger partial charge in [-0.05, 0) is 67.9 Å². The van der Waals surface area contributed by atoms with Gasteiger partial charge in [-0.2, -0.15) is 0 Å². The fourth-order valence-corrected chi connectivity index (χ4v) is 4.75. The molecule has 5 atom stereocenters. The Kier molecular flexibility index (Phi) is 6.39. The Morgan fingerprint density at radius 1 is 0.950 bits per heavy atom. The molecule has 1 N–H and O–H groups in total. The second-order valence-electron chi connectivity index (χ2n) is 8.43. The van der Waals surface area contributed by atoms with Crippen LogP contribution in [-0.2, 0) is 0 Å². The molecule has 118 valence electrons. The van der Waals surface area contributed by atoms with Gasteiger partial charge in [0.05, 0.1) is 0 Å². The summed E-state index contributed by atoms with van der Waals surface area (Å²) in [5.74, 6) is 5.74. The molecule has 0 amide bonds. The van der Waals surface area contributed by atoms with Crippen molar-refractivity contribution in [1.29, 1.82) is 0 Å². The van der Waals surface area contributed by atoms with Gasteiger partial charge in [0.2, 0.25) is 0 Å². The van der Waals surface area contributed by atoms with E-state index in [0.29, 0.717) is 0 Å². The van der Waals surface area contributed by atoms with Crippen molar-refractivity contribution in [3.63, 3.8) is 0 Å². The van der Waals surface area contributed by atoms with Crippen LogP contribution in [0.1, 0.15) is 72.6 Å². The first-order valence-electron chi connectivity index (χ1n) is 9.27. The minimum atomic E-state index is 0.783. The first-order valence-corrected chi connectivity index (χ1v) is 9.27. The van der Waals surface area contributed by atoms with Gasteiger partial charge in [-0.25, -0.2) is 0 Å². The molecule has 0 spiro atoms. The largest absolute Gasteiger partial charge is 0.316 e. The molecule has 2 aliphatic rings. The van der Waals surface area contributed by atoms with Gasteiger partial charge in [-0.3, -0.25) is 0 Å². The van der Waals surface area contributed by atoms with Crippen LogP contribution in [0.2, 0.25) is 0 Å². The van der Waals surface area contributed by atoms with Crippen molar-refractivity contribution in [2.24, 2.45) is 35.5 Å². The lowest BCUT2D eigenvalue weighted by Crippen LogP contribution is -2.38. The molecule has 0 bridgehead atoms. The van der Waals surface area contributed by atoms with Crippen molar-refractivity contribution < 1.29 is 0 Å². The van der Waals surface area contributed by atoms with Crippen molar-refractivity contribution in [2.75, 3.05) is 13.1 Å². The Hall–Kier alpha value is -0.0400. The van der Waals surface area contributed by atoms with Crippen LogP contribution in [0.5, 0.6) is 0 Å². The van der Waals surface area contributed by atoms with Gasteiger partial charge in [0, 0.05) is 0 Å². The molecule has 0 aromatic carbocycles. The van der Waals surface area contributed by atoms with Crippen LogP contribution in [0.4, 0.5) is 0 Å². The highest BCUT2D eigenvalue weighted by Crippen LogP contribution is 2.44. The maximum absolute atomic E-state index is 3.75. The maximum atomic E-state index is 3.75. The average molecular weight is 280 g/mol. The van der Waals surface area contributed by atoms with Crippen LogP contribution in [0, 0.1) is 35.5 Å². The predicted octanol–water partition coefficient (Wildman–Crippen LogP) is 5.11. The minimum Gasteiger partial charge on any atom is -0.316 e. The molecule has 2 aliphatic carbocycles. The van der Waals surface area contributed by atoms with E-state index in [-0.39, 0.29) is 0 Å². The lowest BCUT2D eigenvalue weighted by atomic mass is 9.64. The molecule has 0 aromatic heterocycles. The highest BCUT2D eigenvalue weighted by molar-refractivity contribution is 4.87. The third-order valence-corrected chi connectivity index (χ3v) is 5.85. The molecule has 0 saturated heterocycles. The van der Waals surface area contributed by atoms with Crippen molar-refractivity contribution in [3.8, 4) is 0 Å². The van der Waals surface area contributed by atoms with Crippen molar-refractivity contribution in [1.82, 2.24) is 5.32 Å². The van der Waals surface area contributed by atoms with Gasteiger partial charge in [0.25, 0.3) is 0 Å². The predicted molar refractivity (Wildman–Crippen MR) is 88.8 cm³/mol. The zero-order valence-corrected chi connectivity index (χ0v) is 14.3. The van der Waals surface area contributed by atoms with Crippen molar-refractivity contribution in [3.05, 3.63) is 0 Å². The Morgan fingerprint density at radius 3 is 2.40 bits per heavy atom. The first kappa shape index (κ1) is 16.3. The zero-order chi connectivity index (χ0) is 14.5. The molecule has 5 unspecified atom stereocenters. The SMILES string of the molecule is CC(C)CNCC1CCC(C)CC1C1CCCC(C)C1. The summed E-state index contributed by atoms with van der Waals surface area (Å²) in [5, 5.41) is 3.75. The molecule has 0 radical (unpaired) electrons. The zero-order valence-electron chi connectivity index (χ0n) is 14.3. The smallest absolute Gasteiger partial charge is 0.00176 e.